The Morgan fingerprint density at radius 1 is 1.33 bits per heavy atom. The number of aryl methyl sites for hydroxylation is 2. The number of aromatic nitrogens is 1. The Balaban J connectivity index is 2.35. The average Bonchev–Trinajstić information content (AvgIpc) is 2.79. The number of benzene rings is 1. The standard InChI is InChI=1S/C14H14N2O4S/c1-7-4-5-10(20-3)9(6-7)12(17)15-13-11(14(18)19)8(2)16-21-13/h4-6H,1-3H3,(H,15,17)(H,18,19). The van der Waals surface area contributed by atoms with Crippen molar-refractivity contribution in [3.05, 3.63) is 40.6 Å². The molecule has 1 amide bonds. The number of nitrogens with one attached hydrogen (secondary N) is 1. The van der Waals surface area contributed by atoms with E-state index in [1.807, 2.05) is 13.0 Å². The molecule has 0 aliphatic carbocycles. The number of nitrogens with zero attached hydrogens (tertiary/aromatic N) is 1. The monoisotopic (exact) mass is 306 g/mol. The SMILES string of the molecule is COc1ccc(C)cc1C(=O)Nc1snc(C)c1C(=O)O. The van der Waals surface area contributed by atoms with Gasteiger partial charge in [0, 0.05) is 0 Å². The highest BCUT2D eigenvalue weighted by Gasteiger charge is 2.21. The molecular weight excluding hydrogens is 292 g/mol. The van der Waals surface area contributed by atoms with Gasteiger partial charge < -0.3 is 15.2 Å². The fourth-order valence-electron chi connectivity index (χ4n) is 1.88. The van der Waals surface area contributed by atoms with Gasteiger partial charge in [-0.1, -0.05) is 11.6 Å². The third-order valence-electron chi connectivity index (χ3n) is 2.90. The summed E-state index contributed by atoms with van der Waals surface area (Å²) in [6.07, 6.45) is 0. The van der Waals surface area contributed by atoms with E-state index in [2.05, 4.69) is 9.69 Å². The van der Waals surface area contributed by atoms with Gasteiger partial charge in [-0.25, -0.2) is 4.79 Å². The van der Waals surface area contributed by atoms with Crippen LogP contribution in [-0.2, 0) is 0 Å². The summed E-state index contributed by atoms with van der Waals surface area (Å²) >= 11 is 0.942. The summed E-state index contributed by atoms with van der Waals surface area (Å²) in [7, 11) is 1.47. The second-order valence-electron chi connectivity index (χ2n) is 4.44. The van der Waals surface area contributed by atoms with Crippen molar-refractivity contribution in [2.75, 3.05) is 12.4 Å². The zero-order chi connectivity index (χ0) is 15.6. The van der Waals surface area contributed by atoms with Crippen molar-refractivity contribution in [3.63, 3.8) is 0 Å². The number of carboxylic acid groups (broad SMARTS) is 1. The number of carboxylic acids is 1. The minimum Gasteiger partial charge on any atom is -0.496 e. The number of ether oxygens (including phenoxy) is 1. The molecular formula is C14H14N2O4S. The van der Waals surface area contributed by atoms with E-state index in [-0.39, 0.29) is 10.6 Å². The van der Waals surface area contributed by atoms with Crippen LogP contribution in [0.1, 0.15) is 32.0 Å². The molecule has 2 aromatic rings. The summed E-state index contributed by atoms with van der Waals surface area (Å²) in [5.41, 5.74) is 1.64. The van der Waals surface area contributed by atoms with Crippen LogP contribution in [0.4, 0.5) is 5.00 Å². The minimum atomic E-state index is -1.12. The van der Waals surface area contributed by atoms with Crippen molar-refractivity contribution >= 4 is 28.4 Å². The van der Waals surface area contributed by atoms with Crippen LogP contribution in [0.2, 0.25) is 0 Å². The molecule has 0 bridgehead atoms. The first-order valence-electron chi connectivity index (χ1n) is 6.09. The highest BCUT2D eigenvalue weighted by atomic mass is 32.1. The fraction of sp³-hybridized carbons (Fsp3) is 0.214. The van der Waals surface area contributed by atoms with Crippen LogP contribution in [0, 0.1) is 13.8 Å². The number of anilines is 1. The Bertz CT molecular complexity index is 709. The van der Waals surface area contributed by atoms with E-state index in [0.717, 1.165) is 17.1 Å². The van der Waals surface area contributed by atoms with E-state index in [0.29, 0.717) is 17.0 Å². The van der Waals surface area contributed by atoms with Crippen molar-refractivity contribution < 1.29 is 19.4 Å². The van der Waals surface area contributed by atoms with Crippen LogP contribution in [0.25, 0.3) is 0 Å². The number of methoxy groups -OCH3 is 1. The molecule has 0 saturated heterocycles. The van der Waals surface area contributed by atoms with Gasteiger partial charge in [0.25, 0.3) is 5.91 Å². The van der Waals surface area contributed by atoms with Crippen molar-refractivity contribution in [2.24, 2.45) is 0 Å². The van der Waals surface area contributed by atoms with Crippen LogP contribution in [0.3, 0.4) is 0 Å². The molecule has 0 atom stereocenters. The maximum atomic E-state index is 12.3. The van der Waals surface area contributed by atoms with Gasteiger partial charge in [-0.05, 0) is 37.5 Å². The lowest BCUT2D eigenvalue weighted by atomic mass is 10.1. The Hall–Kier alpha value is -2.41. The lowest BCUT2D eigenvalue weighted by Gasteiger charge is -2.09. The number of aromatic carboxylic acids is 1. The molecule has 6 nitrogen and oxygen atoms in total. The van der Waals surface area contributed by atoms with Gasteiger partial charge >= 0.3 is 5.97 Å². The lowest BCUT2D eigenvalue weighted by molar-refractivity contribution is 0.0697. The highest BCUT2D eigenvalue weighted by molar-refractivity contribution is 7.11. The van der Waals surface area contributed by atoms with Gasteiger partial charge in [-0.2, -0.15) is 4.37 Å². The van der Waals surface area contributed by atoms with Crippen LogP contribution >= 0.6 is 11.5 Å². The molecule has 7 heteroatoms. The van der Waals surface area contributed by atoms with E-state index in [1.165, 1.54) is 7.11 Å². The molecule has 0 fully saturated rings. The van der Waals surface area contributed by atoms with Crippen molar-refractivity contribution in [1.82, 2.24) is 4.37 Å². The molecule has 0 aliphatic rings. The third kappa shape index (κ3) is 3.03. The summed E-state index contributed by atoms with van der Waals surface area (Å²) in [4.78, 5) is 23.5. The fourth-order valence-corrected chi connectivity index (χ4v) is 2.66. The molecule has 1 aromatic carbocycles. The largest absolute Gasteiger partial charge is 0.496 e. The Kier molecular flexibility index (Phi) is 4.23. The number of carbonyl (C=O) groups is 2. The molecule has 110 valence electrons. The number of hydrogen-bond acceptors (Lipinski definition) is 5. The van der Waals surface area contributed by atoms with Crippen LogP contribution in [0.15, 0.2) is 18.2 Å². The summed E-state index contributed by atoms with van der Waals surface area (Å²) in [5.74, 6) is -1.12. The first-order valence-corrected chi connectivity index (χ1v) is 6.87. The maximum absolute atomic E-state index is 12.3. The summed E-state index contributed by atoms with van der Waals surface area (Å²) in [6.45, 7) is 3.44. The number of carbonyl (C=O) groups excluding carboxylic acids is 1. The maximum Gasteiger partial charge on any atom is 0.340 e. The van der Waals surface area contributed by atoms with Gasteiger partial charge in [0.15, 0.2) is 0 Å². The summed E-state index contributed by atoms with van der Waals surface area (Å²) < 4.78 is 9.11. The minimum absolute atomic E-state index is 0.0139. The van der Waals surface area contributed by atoms with E-state index in [9.17, 15) is 9.59 Å². The van der Waals surface area contributed by atoms with Crippen molar-refractivity contribution in [3.8, 4) is 5.75 Å². The van der Waals surface area contributed by atoms with Gasteiger partial charge in [-0.15, -0.1) is 0 Å². The Morgan fingerprint density at radius 2 is 2.05 bits per heavy atom. The highest BCUT2D eigenvalue weighted by Crippen LogP contribution is 2.27. The van der Waals surface area contributed by atoms with E-state index < -0.39 is 11.9 Å². The predicted octanol–water partition coefficient (Wildman–Crippen LogP) is 2.72. The smallest absolute Gasteiger partial charge is 0.340 e. The molecule has 0 saturated carbocycles. The first kappa shape index (κ1) is 15.0. The lowest BCUT2D eigenvalue weighted by Crippen LogP contribution is -2.14. The van der Waals surface area contributed by atoms with Crippen LogP contribution < -0.4 is 10.1 Å². The second kappa shape index (κ2) is 5.92. The molecule has 2 rings (SSSR count). The van der Waals surface area contributed by atoms with Gasteiger partial charge in [-0.3, -0.25) is 4.79 Å². The molecule has 0 spiro atoms. The average molecular weight is 306 g/mol. The topological polar surface area (TPSA) is 88.5 Å². The van der Waals surface area contributed by atoms with Gasteiger partial charge in [0.1, 0.15) is 16.3 Å². The zero-order valence-corrected chi connectivity index (χ0v) is 12.6. The first-order chi connectivity index (χ1) is 9.93. The molecule has 0 aliphatic heterocycles. The predicted molar refractivity (Wildman–Crippen MR) is 79.5 cm³/mol. The Labute approximate surface area is 125 Å². The molecule has 2 N–H and O–H groups in total. The van der Waals surface area contributed by atoms with Crippen LogP contribution in [-0.4, -0.2) is 28.5 Å². The van der Waals surface area contributed by atoms with E-state index >= 15 is 0 Å². The van der Waals surface area contributed by atoms with E-state index in [4.69, 9.17) is 9.84 Å². The molecule has 0 radical (unpaired) electrons. The van der Waals surface area contributed by atoms with Crippen molar-refractivity contribution in [2.45, 2.75) is 13.8 Å². The Morgan fingerprint density at radius 3 is 2.67 bits per heavy atom. The molecule has 0 unspecified atom stereocenters. The molecule has 21 heavy (non-hydrogen) atoms. The quantitative estimate of drug-likeness (QED) is 0.906. The molecule has 1 aromatic heterocycles. The third-order valence-corrected chi connectivity index (χ3v) is 3.76. The number of hydrogen-bond donors (Lipinski definition) is 2. The second-order valence-corrected chi connectivity index (χ2v) is 5.21. The van der Waals surface area contributed by atoms with E-state index in [1.54, 1.807) is 19.1 Å². The number of amides is 1. The van der Waals surface area contributed by atoms with Gasteiger partial charge in [0.2, 0.25) is 0 Å². The molecule has 1 heterocycles. The van der Waals surface area contributed by atoms with Crippen molar-refractivity contribution in [1.29, 1.82) is 0 Å². The zero-order valence-electron chi connectivity index (χ0n) is 11.8. The number of rotatable bonds is 4. The normalized spacial score (nSPS) is 10.2. The summed E-state index contributed by atoms with van der Waals surface area (Å²) in [5, 5.41) is 12.0. The van der Waals surface area contributed by atoms with Crippen LogP contribution in [0.5, 0.6) is 5.75 Å². The van der Waals surface area contributed by atoms with Gasteiger partial charge in [0.05, 0.1) is 18.4 Å². The summed E-state index contributed by atoms with van der Waals surface area (Å²) in [6, 6.07) is 5.21.